The fourth-order valence-corrected chi connectivity index (χ4v) is 6.14. The maximum atomic E-state index is 15.1. The van der Waals surface area contributed by atoms with E-state index in [1.165, 1.54) is 25.7 Å². The van der Waals surface area contributed by atoms with Crippen LogP contribution >= 0.6 is 0 Å². The molecule has 1 atom stereocenters. The Labute approximate surface area is 217 Å². The highest BCUT2D eigenvalue weighted by atomic mass is 19.1. The molecule has 37 heavy (non-hydrogen) atoms. The Morgan fingerprint density at radius 3 is 2.62 bits per heavy atom. The van der Waals surface area contributed by atoms with Gasteiger partial charge in [-0.25, -0.2) is 9.37 Å². The Balaban J connectivity index is 1.32. The van der Waals surface area contributed by atoms with Crippen molar-refractivity contribution in [2.45, 2.75) is 70.8 Å². The number of aromatic nitrogens is 3. The van der Waals surface area contributed by atoms with E-state index in [1.807, 2.05) is 6.07 Å². The summed E-state index contributed by atoms with van der Waals surface area (Å²) < 4.78 is 16.9. The maximum absolute atomic E-state index is 15.1. The van der Waals surface area contributed by atoms with Gasteiger partial charge in [-0.15, -0.1) is 0 Å². The molecule has 1 saturated heterocycles. The van der Waals surface area contributed by atoms with Gasteiger partial charge < -0.3 is 15.3 Å². The van der Waals surface area contributed by atoms with Crippen LogP contribution < -0.4 is 15.8 Å². The monoisotopic (exact) mass is 507 g/mol. The Morgan fingerprint density at radius 2 is 1.89 bits per heavy atom. The van der Waals surface area contributed by atoms with E-state index in [1.54, 1.807) is 35.0 Å². The molecule has 1 saturated carbocycles. The number of anilines is 3. The van der Waals surface area contributed by atoms with Gasteiger partial charge in [-0.2, -0.15) is 4.98 Å². The first-order valence-electron chi connectivity index (χ1n) is 13.8. The number of nitrogens with zero attached hydrogens (tertiary/aromatic N) is 4. The quantitative estimate of drug-likeness (QED) is 0.381. The highest BCUT2D eigenvalue weighted by Gasteiger charge is 2.22. The normalized spacial score (nSPS) is 18.0. The molecule has 2 aliphatic rings. The number of benzene rings is 1. The van der Waals surface area contributed by atoms with Crippen LogP contribution in [-0.2, 0) is 0 Å². The van der Waals surface area contributed by atoms with E-state index in [0.717, 1.165) is 56.3 Å². The van der Waals surface area contributed by atoms with Crippen molar-refractivity contribution in [3.8, 4) is 0 Å². The summed E-state index contributed by atoms with van der Waals surface area (Å²) in [6.07, 6.45) is 11.7. The number of aliphatic hydroxyl groups excluding tert-OH is 1. The second-order valence-corrected chi connectivity index (χ2v) is 10.8. The molecule has 8 heteroatoms. The van der Waals surface area contributed by atoms with Gasteiger partial charge in [-0.3, -0.25) is 9.36 Å². The van der Waals surface area contributed by atoms with Crippen molar-refractivity contribution in [1.29, 1.82) is 0 Å². The third kappa shape index (κ3) is 5.95. The third-order valence-corrected chi connectivity index (χ3v) is 8.21. The van der Waals surface area contributed by atoms with Gasteiger partial charge in [0.1, 0.15) is 11.5 Å². The molecule has 5 rings (SSSR count). The van der Waals surface area contributed by atoms with Crippen molar-refractivity contribution in [1.82, 2.24) is 14.5 Å². The highest BCUT2D eigenvalue weighted by molar-refractivity contribution is 5.76. The van der Waals surface area contributed by atoms with Crippen LogP contribution in [0.4, 0.5) is 21.7 Å². The molecule has 2 aromatic heterocycles. The number of fused-ring (bicyclic) bond motifs is 1. The molecule has 7 nitrogen and oxygen atoms in total. The van der Waals surface area contributed by atoms with Crippen LogP contribution in [0.25, 0.3) is 11.0 Å². The van der Waals surface area contributed by atoms with Crippen molar-refractivity contribution in [2.75, 3.05) is 29.9 Å². The lowest BCUT2D eigenvalue weighted by Crippen LogP contribution is -2.33. The molecule has 3 heterocycles. The van der Waals surface area contributed by atoms with Crippen LogP contribution in [-0.4, -0.2) is 39.3 Å². The molecule has 1 unspecified atom stereocenters. The molecule has 2 N–H and O–H groups in total. The maximum Gasteiger partial charge on any atom is 0.252 e. The first-order valence-corrected chi connectivity index (χ1v) is 13.8. The van der Waals surface area contributed by atoms with Crippen LogP contribution in [0.3, 0.4) is 0 Å². The van der Waals surface area contributed by atoms with E-state index >= 15 is 4.39 Å². The standard InChI is InChI=1S/C29H38FN5O2/c1-20(17-22-5-2-3-6-22)35-27(37)11-8-23-19-31-29(33-28(23)35)32-26-10-9-24(18-25(26)30)34-14-12-21(13-15-34)7-4-16-36/h8-11,18-22,36H,2-7,12-17H2,1H3,(H,31,32,33). The lowest BCUT2D eigenvalue weighted by molar-refractivity contribution is 0.261. The van der Waals surface area contributed by atoms with Crippen LogP contribution in [0.1, 0.15) is 70.8 Å². The van der Waals surface area contributed by atoms with E-state index in [-0.39, 0.29) is 30.0 Å². The van der Waals surface area contributed by atoms with Gasteiger partial charge in [-0.1, -0.05) is 25.7 Å². The van der Waals surface area contributed by atoms with Crippen molar-refractivity contribution in [2.24, 2.45) is 11.8 Å². The van der Waals surface area contributed by atoms with Crippen LogP contribution in [0.2, 0.25) is 0 Å². The smallest absolute Gasteiger partial charge is 0.252 e. The average molecular weight is 508 g/mol. The van der Waals surface area contributed by atoms with Gasteiger partial charge >= 0.3 is 0 Å². The van der Waals surface area contributed by atoms with Gasteiger partial charge in [0.15, 0.2) is 0 Å². The molecule has 0 radical (unpaired) electrons. The predicted molar refractivity (Wildman–Crippen MR) is 146 cm³/mol. The number of hydrogen-bond donors (Lipinski definition) is 2. The molecule has 0 bridgehead atoms. The second kappa shape index (κ2) is 11.6. The van der Waals surface area contributed by atoms with Crippen molar-refractivity contribution in [3.63, 3.8) is 0 Å². The van der Waals surface area contributed by atoms with Gasteiger partial charge in [0.2, 0.25) is 5.95 Å². The second-order valence-electron chi connectivity index (χ2n) is 10.8. The molecule has 2 fully saturated rings. The summed E-state index contributed by atoms with van der Waals surface area (Å²) in [6.45, 7) is 4.12. The van der Waals surface area contributed by atoms with Crippen LogP contribution in [0.5, 0.6) is 0 Å². The SMILES string of the molecule is CC(CC1CCCC1)n1c(=O)ccc2cnc(Nc3ccc(N4CCC(CCCO)CC4)cc3F)nc21. The number of halogens is 1. The van der Waals surface area contributed by atoms with E-state index in [0.29, 0.717) is 23.2 Å². The fraction of sp³-hybridized carbons (Fsp3) is 0.552. The van der Waals surface area contributed by atoms with Crippen LogP contribution in [0, 0.1) is 17.7 Å². The van der Waals surface area contributed by atoms with E-state index in [4.69, 9.17) is 5.11 Å². The van der Waals surface area contributed by atoms with Crippen molar-refractivity contribution >= 4 is 28.4 Å². The average Bonchev–Trinajstić information content (AvgIpc) is 3.41. The summed E-state index contributed by atoms with van der Waals surface area (Å²) >= 11 is 0. The predicted octanol–water partition coefficient (Wildman–Crippen LogP) is 5.80. The van der Waals surface area contributed by atoms with Crippen LogP contribution in [0.15, 0.2) is 41.3 Å². The molecule has 1 aliphatic heterocycles. The zero-order chi connectivity index (χ0) is 25.8. The minimum Gasteiger partial charge on any atom is -0.396 e. The Bertz CT molecular complexity index is 1260. The molecule has 3 aromatic rings. The molecule has 1 aromatic carbocycles. The van der Waals surface area contributed by atoms with Gasteiger partial charge in [0, 0.05) is 49.1 Å². The van der Waals surface area contributed by atoms with E-state index in [2.05, 4.69) is 27.1 Å². The molecular formula is C29H38FN5O2. The first-order chi connectivity index (χ1) is 18.0. The zero-order valence-corrected chi connectivity index (χ0v) is 21.7. The summed E-state index contributed by atoms with van der Waals surface area (Å²) in [5.41, 5.74) is 1.69. The topological polar surface area (TPSA) is 83.3 Å². The summed E-state index contributed by atoms with van der Waals surface area (Å²) in [4.78, 5) is 24.1. The summed E-state index contributed by atoms with van der Waals surface area (Å²) in [5.74, 6) is 1.20. The first kappa shape index (κ1) is 25.6. The lowest BCUT2D eigenvalue weighted by atomic mass is 9.92. The number of piperidine rings is 1. The van der Waals surface area contributed by atoms with Crippen molar-refractivity contribution in [3.05, 3.63) is 52.7 Å². The highest BCUT2D eigenvalue weighted by Crippen LogP contribution is 2.33. The molecular weight excluding hydrogens is 469 g/mol. The molecule has 0 spiro atoms. The summed E-state index contributed by atoms with van der Waals surface area (Å²) in [7, 11) is 0. The Morgan fingerprint density at radius 1 is 1.11 bits per heavy atom. The number of aliphatic hydroxyl groups is 1. The third-order valence-electron chi connectivity index (χ3n) is 8.21. The molecule has 0 amide bonds. The lowest BCUT2D eigenvalue weighted by Gasteiger charge is -2.33. The summed E-state index contributed by atoms with van der Waals surface area (Å²) in [5, 5.41) is 12.9. The zero-order valence-electron chi connectivity index (χ0n) is 21.7. The van der Waals surface area contributed by atoms with Crippen molar-refractivity contribution < 1.29 is 9.50 Å². The number of pyridine rings is 1. The fourth-order valence-electron chi connectivity index (χ4n) is 6.14. The van der Waals surface area contributed by atoms with Gasteiger partial charge in [0.05, 0.1) is 5.69 Å². The van der Waals surface area contributed by atoms with Gasteiger partial charge in [0.25, 0.3) is 5.56 Å². The minimum absolute atomic E-state index is 0.0332. The van der Waals surface area contributed by atoms with Gasteiger partial charge in [-0.05, 0) is 75.1 Å². The number of nitrogens with one attached hydrogen (secondary N) is 1. The molecule has 198 valence electrons. The Kier molecular flexibility index (Phi) is 8.03. The Hall–Kier alpha value is -3.00. The number of hydrogen-bond acceptors (Lipinski definition) is 6. The number of rotatable bonds is 9. The van der Waals surface area contributed by atoms with E-state index < -0.39 is 0 Å². The largest absolute Gasteiger partial charge is 0.396 e. The minimum atomic E-state index is -0.358. The van der Waals surface area contributed by atoms with E-state index in [9.17, 15) is 4.79 Å². The summed E-state index contributed by atoms with van der Waals surface area (Å²) in [6, 6.07) is 8.60. The molecule has 1 aliphatic carbocycles.